The second-order valence-corrected chi connectivity index (χ2v) is 6.71. The Labute approximate surface area is 173 Å². The molecule has 1 saturated heterocycles. The van der Waals surface area contributed by atoms with E-state index >= 15 is 0 Å². The van der Waals surface area contributed by atoms with Crippen LogP contribution in [0.5, 0.6) is 0 Å². The molecule has 0 atom stereocenters. The Morgan fingerprint density at radius 1 is 1.24 bits per heavy atom. The molecule has 0 bridgehead atoms. The highest BCUT2D eigenvalue weighted by Crippen LogP contribution is 2.36. The summed E-state index contributed by atoms with van der Waals surface area (Å²) in [5.74, 6) is -0.992. The smallest absolute Gasteiger partial charge is 0.416 e. The first kappa shape index (κ1) is 20.8. The molecule has 2 amide bonds. The number of alkyl halides is 3. The summed E-state index contributed by atoms with van der Waals surface area (Å²) in [6.07, 6.45) is -1.85. The van der Waals surface area contributed by atoms with Gasteiger partial charge >= 0.3 is 6.18 Å². The number of halogens is 4. The van der Waals surface area contributed by atoms with E-state index in [0.717, 1.165) is 17.0 Å². The Morgan fingerprint density at radius 3 is 2.59 bits per heavy atom. The van der Waals surface area contributed by atoms with Crippen LogP contribution in [0.1, 0.15) is 11.3 Å². The van der Waals surface area contributed by atoms with Crippen molar-refractivity contribution in [2.24, 2.45) is 0 Å². The van der Waals surface area contributed by atoms with Gasteiger partial charge in [0, 0.05) is 12.1 Å². The van der Waals surface area contributed by atoms with Crippen molar-refractivity contribution in [3.05, 3.63) is 64.9 Å². The van der Waals surface area contributed by atoms with Gasteiger partial charge in [0.2, 0.25) is 0 Å². The quantitative estimate of drug-likeness (QED) is 0.330. The van der Waals surface area contributed by atoms with Crippen molar-refractivity contribution in [1.82, 2.24) is 10.2 Å². The summed E-state index contributed by atoms with van der Waals surface area (Å²) in [7, 11) is 0. The molecule has 1 N–H and O–H groups in total. The first-order chi connectivity index (χ1) is 13.6. The SMILES string of the molecule is C=CCN1C(=O)/C(=C/c2ccc(-c3ccc(C(F)(F)F)cc3Cl)o2)C(=O)NC1=S. The highest BCUT2D eigenvalue weighted by atomic mass is 35.5. The molecule has 0 unspecified atom stereocenters. The number of carbonyl (C=O) groups excluding carboxylic acids is 2. The van der Waals surface area contributed by atoms with Crippen molar-refractivity contribution in [3.8, 4) is 11.3 Å². The second kappa shape index (κ2) is 7.84. The lowest BCUT2D eigenvalue weighted by Crippen LogP contribution is -2.53. The predicted molar refractivity (Wildman–Crippen MR) is 105 cm³/mol. The van der Waals surface area contributed by atoms with Crippen molar-refractivity contribution < 1.29 is 27.2 Å². The summed E-state index contributed by atoms with van der Waals surface area (Å²) in [6.45, 7) is 3.64. The van der Waals surface area contributed by atoms with Crippen LogP contribution in [0.4, 0.5) is 13.2 Å². The second-order valence-electron chi connectivity index (χ2n) is 5.92. The van der Waals surface area contributed by atoms with E-state index in [1.165, 1.54) is 30.4 Å². The van der Waals surface area contributed by atoms with Crippen molar-refractivity contribution in [1.29, 1.82) is 0 Å². The molecule has 10 heteroatoms. The van der Waals surface area contributed by atoms with E-state index in [2.05, 4.69) is 11.9 Å². The number of nitrogens with zero attached hydrogens (tertiary/aromatic N) is 1. The van der Waals surface area contributed by atoms with Crippen LogP contribution in [-0.2, 0) is 15.8 Å². The van der Waals surface area contributed by atoms with Crippen molar-refractivity contribution in [2.75, 3.05) is 6.54 Å². The fraction of sp³-hybridized carbons (Fsp3) is 0.105. The molecule has 1 fully saturated rings. The lowest BCUT2D eigenvalue weighted by molar-refractivity contribution is -0.137. The Balaban J connectivity index is 1.92. The van der Waals surface area contributed by atoms with E-state index in [0.29, 0.717) is 0 Å². The molecule has 150 valence electrons. The molecule has 2 heterocycles. The van der Waals surface area contributed by atoms with Crippen LogP contribution in [0.2, 0.25) is 5.02 Å². The molecule has 5 nitrogen and oxygen atoms in total. The predicted octanol–water partition coefficient (Wildman–Crippen LogP) is 4.43. The molecule has 1 aromatic carbocycles. The normalized spacial score (nSPS) is 16.3. The van der Waals surface area contributed by atoms with Crippen LogP contribution in [-0.4, -0.2) is 28.4 Å². The van der Waals surface area contributed by atoms with Gasteiger partial charge in [-0.1, -0.05) is 17.7 Å². The number of rotatable bonds is 4. The third kappa shape index (κ3) is 4.25. The van der Waals surface area contributed by atoms with Crippen molar-refractivity contribution in [3.63, 3.8) is 0 Å². The molecular formula is C19H12ClF3N2O3S. The zero-order chi connectivity index (χ0) is 21.3. The Kier molecular flexibility index (Phi) is 5.63. The van der Waals surface area contributed by atoms with E-state index in [9.17, 15) is 22.8 Å². The van der Waals surface area contributed by atoms with Gasteiger partial charge in [0.1, 0.15) is 17.1 Å². The van der Waals surface area contributed by atoms with Crippen LogP contribution in [0, 0.1) is 0 Å². The molecule has 3 rings (SSSR count). The van der Waals surface area contributed by atoms with Gasteiger partial charge in [-0.2, -0.15) is 13.2 Å². The van der Waals surface area contributed by atoms with Gasteiger partial charge in [-0.25, -0.2) is 0 Å². The number of furan rings is 1. The molecule has 0 saturated carbocycles. The molecule has 0 aliphatic carbocycles. The maximum Gasteiger partial charge on any atom is 0.416 e. The van der Waals surface area contributed by atoms with Gasteiger partial charge in [-0.3, -0.25) is 19.8 Å². The average molecular weight is 441 g/mol. The minimum Gasteiger partial charge on any atom is -0.457 e. The summed E-state index contributed by atoms with van der Waals surface area (Å²) >= 11 is 10.9. The number of nitrogens with one attached hydrogen (secondary N) is 1. The lowest BCUT2D eigenvalue weighted by atomic mass is 10.1. The van der Waals surface area contributed by atoms with Crippen LogP contribution >= 0.6 is 23.8 Å². The van der Waals surface area contributed by atoms with E-state index in [1.807, 2.05) is 0 Å². The third-order valence-corrected chi connectivity index (χ3v) is 4.61. The molecule has 1 aromatic heterocycles. The number of thiocarbonyl (C=S) groups is 1. The minimum absolute atomic E-state index is 0.0336. The van der Waals surface area contributed by atoms with Crippen LogP contribution < -0.4 is 5.32 Å². The number of hydrogen-bond acceptors (Lipinski definition) is 4. The molecule has 0 spiro atoms. The summed E-state index contributed by atoms with van der Waals surface area (Å²) in [5, 5.41) is 2.21. The van der Waals surface area contributed by atoms with Gasteiger partial charge < -0.3 is 4.42 Å². The van der Waals surface area contributed by atoms with Gasteiger partial charge in [0.05, 0.1) is 10.6 Å². The number of hydrogen-bond donors (Lipinski definition) is 1. The molecule has 1 aliphatic rings. The fourth-order valence-corrected chi connectivity index (χ4v) is 3.12. The fourth-order valence-electron chi connectivity index (χ4n) is 2.60. The van der Waals surface area contributed by atoms with Gasteiger partial charge in [-0.15, -0.1) is 6.58 Å². The summed E-state index contributed by atoms with van der Waals surface area (Å²) in [6, 6.07) is 5.79. The maximum absolute atomic E-state index is 12.8. The van der Waals surface area contributed by atoms with E-state index in [1.54, 1.807) is 0 Å². The molecule has 1 aliphatic heterocycles. The van der Waals surface area contributed by atoms with Gasteiger partial charge in [-0.05, 0) is 48.6 Å². The Morgan fingerprint density at radius 2 is 1.97 bits per heavy atom. The third-order valence-electron chi connectivity index (χ3n) is 3.97. The Bertz CT molecular complexity index is 1060. The molecule has 0 radical (unpaired) electrons. The number of carbonyl (C=O) groups is 2. The van der Waals surface area contributed by atoms with E-state index in [-0.39, 0.29) is 39.3 Å². The largest absolute Gasteiger partial charge is 0.457 e. The van der Waals surface area contributed by atoms with E-state index < -0.39 is 23.6 Å². The lowest BCUT2D eigenvalue weighted by Gasteiger charge is -2.27. The molecule has 2 aromatic rings. The minimum atomic E-state index is -4.52. The molecule has 29 heavy (non-hydrogen) atoms. The first-order valence-electron chi connectivity index (χ1n) is 8.08. The zero-order valence-corrected chi connectivity index (χ0v) is 16.1. The summed E-state index contributed by atoms with van der Waals surface area (Å²) in [5.41, 5.74) is -0.860. The number of amides is 2. The number of benzene rings is 1. The van der Waals surface area contributed by atoms with Crippen molar-refractivity contribution >= 4 is 46.8 Å². The standard InChI is InChI=1S/C19H12ClF3N2O3S/c1-2-7-25-17(27)13(16(26)24-18(25)29)9-11-4-6-15(28-11)12-5-3-10(8-14(12)20)19(21,22)23/h2-6,8-9H,1,7H2,(H,24,26,29)/b13-9+. The zero-order valence-electron chi connectivity index (χ0n) is 14.5. The Hall–Kier alpha value is -2.91. The first-order valence-corrected chi connectivity index (χ1v) is 8.87. The summed E-state index contributed by atoms with van der Waals surface area (Å²) in [4.78, 5) is 25.8. The van der Waals surface area contributed by atoms with Gasteiger partial charge in [0.15, 0.2) is 5.11 Å². The monoisotopic (exact) mass is 440 g/mol. The highest BCUT2D eigenvalue weighted by molar-refractivity contribution is 7.80. The maximum atomic E-state index is 12.8. The van der Waals surface area contributed by atoms with Crippen molar-refractivity contribution in [2.45, 2.75) is 6.18 Å². The topological polar surface area (TPSA) is 62.6 Å². The van der Waals surface area contributed by atoms with Crippen LogP contribution in [0.25, 0.3) is 17.4 Å². The van der Waals surface area contributed by atoms with Crippen LogP contribution in [0.15, 0.2) is 53.0 Å². The van der Waals surface area contributed by atoms with Gasteiger partial charge in [0.25, 0.3) is 11.8 Å². The summed E-state index contributed by atoms with van der Waals surface area (Å²) < 4.78 is 43.9. The average Bonchev–Trinajstić information content (AvgIpc) is 3.09. The van der Waals surface area contributed by atoms with Crippen LogP contribution in [0.3, 0.4) is 0 Å². The van der Waals surface area contributed by atoms with E-state index in [4.69, 9.17) is 28.2 Å². The molecular weight excluding hydrogens is 429 g/mol. The highest BCUT2D eigenvalue weighted by Gasteiger charge is 2.33.